The van der Waals surface area contributed by atoms with Crippen LogP contribution in [0, 0.1) is 0 Å². The maximum Gasteiger partial charge on any atom is 0.105 e. The van der Waals surface area contributed by atoms with E-state index in [1.807, 2.05) is 30.3 Å². The predicted molar refractivity (Wildman–Crippen MR) is 99.3 cm³/mol. The van der Waals surface area contributed by atoms with E-state index < -0.39 is 6.10 Å². The van der Waals surface area contributed by atoms with Gasteiger partial charge >= 0.3 is 0 Å². The molecule has 2 heteroatoms. The Balaban J connectivity index is 1.85. The van der Waals surface area contributed by atoms with E-state index in [4.69, 9.17) is 0 Å². The van der Waals surface area contributed by atoms with Gasteiger partial charge in [0.2, 0.25) is 0 Å². The molecule has 2 atom stereocenters. The first-order chi connectivity index (χ1) is 11.6. The molecule has 0 saturated heterocycles. The zero-order chi connectivity index (χ0) is 16.7. The maximum absolute atomic E-state index is 10.9. The molecule has 0 radical (unpaired) electrons. The van der Waals surface area contributed by atoms with Crippen molar-refractivity contribution in [1.29, 1.82) is 0 Å². The van der Waals surface area contributed by atoms with Crippen LogP contribution >= 0.6 is 0 Å². The molecule has 4 rings (SSSR count). The number of rotatable bonds is 3. The minimum atomic E-state index is -0.581. The lowest BCUT2D eigenvalue weighted by Crippen LogP contribution is -2.34. The standard InChI is InChI=1S/C22H23NO/c1-23(2)18-13-16-9-6-10-19-20(12-11-17(14-18)21(16)19)22(24)15-7-4-3-5-8-15/h3-12,18,22,24H,13-14H2,1-2H3. The highest BCUT2D eigenvalue weighted by atomic mass is 16.3. The van der Waals surface area contributed by atoms with E-state index in [1.165, 1.54) is 21.9 Å². The Kier molecular flexibility index (Phi) is 3.87. The molecule has 1 N–H and O–H groups in total. The van der Waals surface area contributed by atoms with Crippen LogP contribution in [0.15, 0.2) is 60.7 Å². The lowest BCUT2D eigenvalue weighted by atomic mass is 9.82. The fourth-order valence-corrected chi connectivity index (χ4v) is 3.92. The Hall–Kier alpha value is -2.16. The van der Waals surface area contributed by atoms with Gasteiger partial charge in [0.05, 0.1) is 0 Å². The molecule has 3 aromatic carbocycles. The van der Waals surface area contributed by atoms with Crippen LogP contribution in [-0.4, -0.2) is 30.1 Å². The van der Waals surface area contributed by atoms with Crippen LogP contribution in [0.3, 0.4) is 0 Å². The molecule has 2 unspecified atom stereocenters. The SMILES string of the molecule is CN(C)C1Cc2cccc3c(C(O)c4ccccc4)ccc(c23)C1. The summed E-state index contributed by atoms with van der Waals surface area (Å²) in [6, 6.07) is 21.3. The molecule has 1 aliphatic rings. The molecule has 0 amide bonds. The van der Waals surface area contributed by atoms with E-state index in [2.05, 4.69) is 49.3 Å². The zero-order valence-electron chi connectivity index (χ0n) is 14.2. The Morgan fingerprint density at radius 1 is 0.875 bits per heavy atom. The van der Waals surface area contributed by atoms with Gasteiger partial charge in [-0.2, -0.15) is 0 Å². The van der Waals surface area contributed by atoms with E-state index in [9.17, 15) is 5.11 Å². The van der Waals surface area contributed by atoms with Gasteiger partial charge in [-0.05, 0) is 60.0 Å². The highest BCUT2D eigenvalue weighted by Crippen LogP contribution is 2.36. The fourth-order valence-electron chi connectivity index (χ4n) is 3.92. The van der Waals surface area contributed by atoms with Gasteiger partial charge in [-0.25, -0.2) is 0 Å². The van der Waals surface area contributed by atoms with Gasteiger partial charge in [-0.15, -0.1) is 0 Å². The molecule has 24 heavy (non-hydrogen) atoms. The predicted octanol–water partition coefficient (Wildman–Crippen LogP) is 3.95. The van der Waals surface area contributed by atoms with Crippen molar-refractivity contribution in [3.05, 3.63) is 82.9 Å². The summed E-state index contributed by atoms with van der Waals surface area (Å²) in [6.07, 6.45) is 1.56. The Morgan fingerprint density at radius 3 is 2.29 bits per heavy atom. The summed E-state index contributed by atoms with van der Waals surface area (Å²) < 4.78 is 0. The third-order valence-electron chi connectivity index (χ3n) is 5.30. The third kappa shape index (κ3) is 2.52. The first-order valence-corrected chi connectivity index (χ1v) is 8.58. The summed E-state index contributed by atoms with van der Waals surface area (Å²) in [5.41, 5.74) is 4.74. The van der Waals surface area contributed by atoms with Gasteiger partial charge < -0.3 is 10.0 Å². The molecule has 2 nitrogen and oxygen atoms in total. The van der Waals surface area contributed by atoms with Crippen LogP contribution in [0.4, 0.5) is 0 Å². The lowest BCUT2D eigenvalue weighted by molar-refractivity contribution is 0.222. The van der Waals surface area contributed by atoms with Crippen molar-refractivity contribution in [2.75, 3.05) is 14.1 Å². The number of hydrogen-bond acceptors (Lipinski definition) is 2. The summed E-state index contributed by atoms with van der Waals surface area (Å²) in [4.78, 5) is 2.31. The summed E-state index contributed by atoms with van der Waals surface area (Å²) in [5, 5.41) is 13.4. The molecular formula is C22H23NO. The average molecular weight is 317 g/mol. The minimum Gasteiger partial charge on any atom is -0.384 e. The van der Waals surface area contributed by atoms with E-state index >= 15 is 0 Å². The van der Waals surface area contributed by atoms with E-state index in [0.717, 1.165) is 24.0 Å². The van der Waals surface area contributed by atoms with Gasteiger partial charge in [0.15, 0.2) is 0 Å². The van der Waals surface area contributed by atoms with E-state index in [1.54, 1.807) is 0 Å². The summed E-state index contributed by atoms with van der Waals surface area (Å²) in [5.74, 6) is 0. The van der Waals surface area contributed by atoms with Crippen LogP contribution in [0.2, 0.25) is 0 Å². The number of likely N-dealkylation sites (N-methyl/N-ethyl adjacent to an activating group) is 1. The van der Waals surface area contributed by atoms with Crippen LogP contribution in [0.25, 0.3) is 10.8 Å². The van der Waals surface area contributed by atoms with Gasteiger partial charge in [-0.3, -0.25) is 0 Å². The van der Waals surface area contributed by atoms with Crippen LogP contribution < -0.4 is 0 Å². The molecular weight excluding hydrogens is 294 g/mol. The summed E-state index contributed by atoms with van der Waals surface area (Å²) in [7, 11) is 4.31. The van der Waals surface area contributed by atoms with Crippen molar-refractivity contribution in [3.63, 3.8) is 0 Å². The molecule has 0 heterocycles. The number of nitrogens with zero attached hydrogens (tertiary/aromatic N) is 1. The Morgan fingerprint density at radius 2 is 1.58 bits per heavy atom. The molecule has 1 aliphatic carbocycles. The topological polar surface area (TPSA) is 23.5 Å². The van der Waals surface area contributed by atoms with Crippen LogP contribution in [0.5, 0.6) is 0 Å². The van der Waals surface area contributed by atoms with E-state index in [0.29, 0.717) is 6.04 Å². The monoisotopic (exact) mass is 317 g/mol. The van der Waals surface area contributed by atoms with Crippen LogP contribution in [-0.2, 0) is 12.8 Å². The molecule has 0 bridgehead atoms. The van der Waals surface area contributed by atoms with Crippen molar-refractivity contribution in [1.82, 2.24) is 4.90 Å². The molecule has 0 fully saturated rings. The smallest absolute Gasteiger partial charge is 0.105 e. The minimum absolute atomic E-state index is 0.549. The molecule has 0 saturated carbocycles. The Labute approximate surface area is 143 Å². The number of benzene rings is 3. The van der Waals surface area contributed by atoms with Gasteiger partial charge in [0.25, 0.3) is 0 Å². The highest BCUT2D eigenvalue weighted by Gasteiger charge is 2.24. The lowest BCUT2D eigenvalue weighted by Gasteiger charge is -2.31. The normalized spacial score (nSPS) is 18.1. The van der Waals surface area contributed by atoms with Crippen molar-refractivity contribution in [3.8, 4) is 0 Å². The van der Waals surface area contributed by atoms with Crippen molar-refractivity contribution in [2.45, 2.75) is 25.0 Å². The fraction of sp³-hybridized carbons (Fsp3) is 0.273. The number of aliphatic hydroxyl groups excluding tert-OH is 1. The van der Waals surface area contributed by atoms with Crippen LogP contribution in [0.1, 0.15) is 28.4 Å². The third-order valence-corrected chi connectivity index (χ3v) is 5.30. The van der Waals surface area contributed by atoms with Crippen molar-refractivity contribution < 1.29 is 5.11 Å². The summed E-state index contributed by atoms with van der Waals surface area (Å²) >= 11 is 0. The zero-order valence-corrected chi connectivity index (χ0v) is 14.2. The second kappa shape index (κ2) is 6.04. The Bertz CT molecular complexity index is 858. The van der Waals surface area contributed by atoms with E-state index in [-0.39, 0.29) is 0 Å². The van der Waals surface area contributed by atoms with Crippen molar-refractivity contribution in [2.24, 2.45) is 0 Å². The highest BCUT2D eigenvalue weighted by molar-refractivity contribution is 5.93. The maximum atomic E-state index is 10.9. The quantitative estimate of drug-likeness (QED) is 0.790. The molecule has 0 aliphatic heterocycles. The number of aliphatic hydroxyl groups is 1. The molecule has 0 aromatic heterocycles. The molecule has 122 valence electrons. The van der Waals surface area contributed by atoms with Gasteiger partial charge in [-0.1, -0.05) is 60.7 Å². The molecule has 0 spiro atoms. The van der Waals surface area contributed by atoms with Crippen molar-refractivity contribution >= 4 is 10.8 Å². The first kappa shape index (κ1) is 15.4. The first-order valence-electron chi connectivity index (χ1n) is 8.58. The van der Waals surface area contributed by atoms with Gasteiger partial charge in [0, 0.05) is 6.04 Å². The second-order valence-electron chi connectivity index (χ2n) is 6.99. The number of hydrogen-bond donors (Lipinski definition) is 1. The second-order valence-corrected chi connectivity index (χ2v) is 6.99. The average Bonchev–Trinajstić information content (AvgIpc) is 2.62. The molecule has 3 aromatic rings. The largest absolute Gasteiger partial charge is 0.384 e. The van der Waals surface area contributed by atoms with Gasteiger partial charge in [0.1, 0.15) is 6.10 Å². The summed E-state index contributed by atoms with van der Waals surface area (Å²) in [6.45, 7) is 0.